The number of likely N-dealkylation sites (tertiary alicyclic amines) is 1. The molecule has 0 aromatic heterocycles. The van der Waals surface area contributed by atoms with Gasteiger partial charge in [0.2, 0.25) is 0 Å². The molecule has 1 N–H and O–H groups in total. The number of guanidine groups is 1. The summed E-state index contributed by atoms with van der Waals surface area (Å²) >= 11 is 0. The lowest BCUT2D eigenvalue weighted by Gasteiger charge is -2.25. The standard InChI is InChI=1S/C20H28F3N3O2.HI/c1-14(2)28-16-5-4-15(17(10-16)20(21,22)23)11-25-18(24-3)26-8-6-19(12-26)7-9-27-13-19;/h4-5,10,14H,6-9,11-13H2,1-3H3,(H,24,25);1H. The molecule has 0 saturated carbocycles. The van der Waals surface area contributed by atoms with Gasteiger partial charge in [0.1, 0.15) is 5.75 Å². The molecular formula is C20H29F3IN3O2. The zero-order chi connectivity index (χ0) is 20.4. The molecule has 1 aromatic rings. The molecular weight excluding hydrogens is 498 g/mol. The Kier molecular flexibility index (Phi) is 8.06. The second-order valence-electron chi connectivity index (χ2n) is 7.86. The van der Waals surface area contributed by atoms with Crippen molar-refractivity contribution in [2.75, 3.05) is 33.4 Å². The fraction of sp³-hybridized carbons (Fsp3) is 0.650. The first-order valence-corrected chi connectivity index (χ1v) is 9.63. The van der Waals surface area contributed by atoms with E-state index in [1.807, 2.05) is 0 Å². The maximum absolute atomic E-state index is 13.5. The van der Waals surface area contributed by atoms with Crippen LogP contribution in [0.2, 0.25) is 0 Å². The number of aliphatic imine (C=N–C) groups is 1. The van der Waals surface area contributed by atoms with Gasteiger partial charge in [0.15, 0.2) is 5.96 Å². The summed E-state index contributed by atoms with van der Waals surface area (Å²) in [5.74, 6) is 0.845. The minimum absolute atomic E-state index is 0. The summed E-state index contributed by atoms with van der Waals surface area (Å²) in [5.41, 5.74) is -0.358. The Morgan fingerprint density at radius 2 is 2.10 bits per heavy atom. The van der Waals surface area contributed by atoms with Gasteiger partial charge in [-0.2, -0.15) is 13.2 Å². The molecule has 0 radical (unpaired) electrons. The molecule has 5 nitrogen and oxygen atoms in total. The van der Waals surface area contributed by atoms with Crippen molar-refractivity contribution >= 4 is 29.9 Å². The molecule has 29 heavy (non-hydrogen) atoms. The molecule has 1 unspecified atom stereocenters. The summed E-state index contributed by atoms with van der Waals surface area (Å²) in [4.78, 5) is 6.38. The van der Waals surface area contributed by atoms with Crippen LogP contribution in [0.1, 0.15) is 37.8 Å². The second kappa shape index (κ2) is 9.72. The normalized spacial score (nSPS) is 22.3. The molecule has 1 aromatic carbocycles. The molecule has 2 fully saturated rings. The fourth-order valence-electron chi connectivity index (χ4n) is 3.91. The lowest BCUT2D eigenvalue weighted by Crippen LogP contribution is -2.41. The quantitative estimate of drug-likeness (QED) is 0.361. The van der Waals surface area contributed by atoms with E-state index >= 15 is 0 Å². The van der Waals surface area contributed by atoms with Crippen LogP contribution in [0.25, 0.3) is 0 Å². The van der Waals surface area contributed by atoms with E-state index in [1.165, 1.54) is 6.07 Å². The predicted molar refractivity (Wildman–Crippen MR) is 117 cm³/mol. The maximum Gasteiger partial charge on any atom is 0.416 e. The van der Waals surface area contributed by atoms with Gasteiger partial charge in [0.05, 0.1) is 18.3 Å². The molecule has 2 saturated heterocycles. The molecule has 3 rings (SSSR count). The average Bonchev–Trinajstić information content (AvgIpc) is 3.25. The fourth-order valence-corrected chi connectivity index (χ4v) is 3.91. The van der Waals surface area contributed by atoms with Crippen LogP contribution >= 0.6 is 24.0 Å². The van der Waals surface area contributed by atoms with E-state index in [2.05, 4.69) is 15.2 Å². The van der Waals surface area contributed by atoms with Crippen LogP contribution in [0, 0.1) is 5.41 Å². The van der Waals surface area contributed by atoms with Crippen molar-refractivity contribution in [3.63, 3.8) is 0 Å². The number of nitrogens with one attached hydrogen (secondary N) is 1. The van der Waals surface area contributed by atoms with Crippen molar-refractivity contribution in [1.29, 1.82) is 0 Å². The second-order valence-corrected chi connectivity index (χ2v) is 7.86. The van der Waals surface area contributed by atoms with E-state index in [4.69, 9.17) is 9.47 Å². The van der Waals surface area contributed by atoms with Gasteiger partial charge in [-0.25, -0.2) is 0 Å². The Labute approximate surface area is 187 Å². The summed E-state index contributed by atoms with van der Waals surface area (Å²) in [5, 5.41) is 3.10. The topological polar surface area (TPSA) is 46.1 Å². The smallest absolute Gasteiger partial charge is 0.416 e. The van der Waals surface area contributed by atoms with E-state index < -0.39 is 11.7 Å². The molecule has 1 spiro atoms. The van der Waals surface area contributed by atoms with Gasteiger partial charge >= 0.3 is 6.18 Å². The number of nitrogens with zero attached hydrogens (tertiary/aromatic N) is 2. The van der Waals surface area contributed by atoms with Gasteiger partial charge in [-0.05, 0) is 44.4 Å². The molecule has 0 bridgehead atoms. The van der Waals surface area contributed by atoms with Crippen molar-refractivity contribution in [3.8, 4) is 5.75 Å². The number of benzene rings is 1. The van der Waals surface area contributed by atoms with E-state index in [9.17, 15) is 13.2 Å². The molecule has 9 heteroatoms. The van der Waals surface area contributed by atoms with Crippen molar-refractivity contribution < 1.29 is 22.6 Å². The number of hydrogen-bond acceptors (Lipinski definition) is 3. The van der Waals surface area contributed by atoms with E-state index in [0.29, 0.717) is 5.96 Å². The molecule has 2 aliphatic rings. The van der Waals surface area contributed by atoms with Crippen LogP contribution in [-0.4, -0.2) is 50.3 Å². The van der Waals surface area contributed by atoms with Crippen LogP contribution in [-0.2, 0) is 17.5 Å². The monoisotopic (exact) mass is 527 g/mol. The third-order valence-corrected chi connectivity index (χ3v) is 5.33. The largest absolute Gasteiger partial charge is 0.491 e. The minimum Gasteiger partial charge on any atom is -0.491 e. The first kappa shape index (κ1) is 24.0. The van der Waals surface area contributed by atoms with Crippen LogP contribution in [0.3, 0.4) is 0 Å². The number of hydrogen-bond donors (Lipinski definition) is 1. The number of rotatable bonds is 4. The van der Waals surface area contributed by atoms with Gasteiger partial charge in [-0.3, -0.25) is 4.99 Å². The highest BCUT2D eigenvalue weighted by Crippen LogP contribution is 2.38. The zero-order valence-corrected chi connectivity index (χ0v) is 19.3. The Morgan fingerprint density at radius 1 is 1.34 bits per heavy atom. The molecule has 164 valence electrons. The summed E-state index contributed by atoms with van der Waals surface area (Å²) in [6.45, 7) is 6.78. The number of halogens is 4. The van der Waals surface area contributed by atoms with Crippen LogP contribution in [0.15, 0.2) is 23.2 Å². The zero-order valence-electron chi connectivity index (χ0n) is 17.0. The van der Waals surface area contributed by atoms with Crippen molar-refractivity contribution in [2.45, 2.75) is 45.5 Å². The summed E-state index contributed by atoms with van der Waals surface area (Å²) in [6, 6.07) is 4.12. The van der Waals surface area contributed by atoms with Crippen LogP contribution in [0.5, 0.6) is 5.75 Å². The summed E-state index contributed by atoms with van der Waals surface area (Å²) in [7, 11) is 1.66. The predicted octanol–water partition coefficient (Wildman–Crippen LogP) is 4.30. The maximum atomic E-state index is 13.5. The van der Waals surface area contributed by atoms with Gasteiger partial charge in [-0.15, -0.1) is 24.0 Å². The molecule has 2 heterocycles. The van der Waals surface area contributed by atoms with E-state index in [-0.39, 0.29) is 53.4 Å². The van der Waals surface area contributed by atoms with Crippen molar-refractivity contribution in [3.05, 3.63) is 29.3 Å². The molecule has 0 amide bonds. The number of ether oxygens (including phenoxy) is 2. The summed E-state index contributed by atoms with van der Waals surface area (Å²) < 4.78 is 51.6. The van der Waals surface area contributed by atoms with E-state index in [1.54, 1.807) is 27.0 Å². The van der Waals surface area contributed by atoms with Gasteiger partial charge in [0.25, 0.3) is 0 Å². The van der Waals surface area contributed by atoms with E-state index in [0.717, 1.165) is 45.2 Å². The van der Waals surface area contributed by atoms with Gasteiger partial charge in [-0.1, -0.05) is 6.07 Å². The highest BCUT2D eigenvalue weighted by Gasteiger charge is 2.42. The summed E-state index contributed by atoms with van der Waals surface area (Å²) in [6.07, 6.45) is -2.60. The molecule has 1 atom stereocenters. The Balaban J connectivity index is 0.00000300. The van der Waals surface area contributed by atoms with Crippen molar-refractivity contribution in [1.82, 2.24) is 10.2 Å². The lowest BCUT2D eigenvalue weighted by atomic mass is 9.87. The Hall–Kier alpha value is -1.23. The van der Waals surface area contributed by atoms with Crippen LogP contribution in [0.4, 0.5) is 13.2 Å². The Bertz CT molecular complexity index is 719. The van der Waals surface area contributed by atoms with Crippen molar-refractivity contribution in [2.24, 2.45) is 10.4 Å². The minimum atomic E-state index is -4.45. The Morgan fingerprint density at radius 3 is 2.69 bits per heavy atom. The highest BCUT2D eigenvalue weighted by atomic mass is 127. The third kappa shape index (κ3) is 5.90. The molecule has 0 aliphatic carbocycles. The molecule has 2 aliphatic heterocycles. The first-order chi connectivity index (χ1) is 13.2. The first-order valence-electron chi connectivity index (χ1n) is 9.63. The van der Waals surface area contributed by atoms with Crippen LogP contribution < -0.4 is 10.1 Å². The lowest BCUT2D eigenvalue weighted by molar-refractivity contribution is -0.138. The SMILES string of the molecule is CN=C(NCc1ccc(OC(C)C)cc1C(F)(F)F)N1CCC2(CCOC2)C1.I. The average molecular weight is 527 g/mol. The number of alkyl halides is 3. The van der Waals surface area contributed by atoms with Gasteiger partial charge in [0, 0.05) is 38.7 Å². The van der Waals surface area contributed by atoms with Gasteiger partial charge < -0.3 is 19.7 Å². The highest BCUT2D eigenvalue weighted by molar-refractivity contribution is 14.0. The third-order valence-electron chi connectivity index (χ3n) is 5.33.